The van der Waals surface area contributed by atoms with Crippen LogP contribution in [0.2, 0.25) is 0 Å². The van der Waals surface area contributed by atoms with Crippen LogP contribution in [-0.2, 0) is 16.0 Å². The van der Waals surface area contributed by atoms with Crippen molar-refractivity contribution in [3.05, 3.63) is 63.3 Å². The second-order valence-corrected chi connectivity index (χ2v) is 6.68. The number of ketones is 1. The molecule has 0 spiro atoms. The number of ether oxygens (including phenoxy) is 1. The monoisotopic (exact) mass is 379 g/mol. The van der Waals surface area contributed by atoms with E-state index in [1.807, 2.05) is 16.8 Å². The minimum absolute atomic E-state index is 0.0555. The zero-order valence-electron chi connectivity index (χ0n) is 12.7. The molecule has 0 saturated carbocycles. The Hall–Kier alpha value is -2.45. The van der Waals surface area contributed by atoms with Crippen molar-refractivity contribution in [2.45, 2.75) is 6.42 Å². The number of benzene rings is 1. The third-order valence-electron chi connectivity index (χ3n) is 3.25. The maximum Gasteiger partial charge on any atom is 0.312 e. The van der Waals surface area contributed by atoms with Gasteiger partial charge in [-0.3, -0.25) is 9.59 Å². The quantitative estimate of drug-likeness (QED) is 0.478. The van der Waals surface area contributed by atoms with Crippen molar-refractivity contribution in [3.63, 3.8) is 0 Å². The zero-order chi connectivity index (χ0) is 17.8. The largest absolute Gasteiger partial charge is 0.457 e. The lowest BCUT2D eigenvalue weighted by atomic mass is 10.1. The molecular formula is C17H11F2NO3S2. The van der Waals surface area contributed by atoms with E-state index in [-0.39, 0.29) is 12.0 Å². The van der Waals surface area contributed by atoms with Crippen LogP contribution in [0.3, 0.4) is 0 Å². The lowest BCUT2D eigenvalue weighted by Gasteiger charge is -2.04. The number of esters is 1. The Morgan fingerprint density at radius 1 is 1.12 bits per heavy atom. The molecule has 2 heterocycles. The third kappa shape index (κ3) is 4.34. The van der Waals surface area contributed by atoms with E-state index in [1.54, 1.807) is 16.7 Å². The van der Waals surface area contributed by atoms with Gasteiger partial charge in [0.1, 0.15) is 5.01 Å². The smallest absolute Gasteiger partial charge is 0.312 e. The highest BCUT2D eigenvalue weighted by Crippen LogP contribution is 2.25. The van der Waals surface area contributed by atoms with Crippen LogP contribution < -0.4 is 0 Å². The van der Waals surface area contributed by atoms with E-state index in [0.29, 0.717) is 5.69 Å². The Balaban J connectivity index is 1.54. The molecule has 3 rings (SSSR count). The molecule has 0 fully saturated rings. The summed E-state index contributed by atoms with van der Waals surface area (Å²) in [6, 6.07) is 4.71. The number of rotatable bonds is 6. The molecule has 0 aliphatic rings. The third-order valence-corrected chi connectivity index (χ3v) is 4.87. The molecule has 0 unspecified atom stereocenters. The molecule has 3 aromatic rings. The van der Waals surface area contributed by atoms with E-state index in [2.05, 4.69) is 4.98 Å². The molecule has 0 aliphatic carbocycles. The molecule has 1 aromatic carbocycles. The van der Waals surface area contributed by atoms with E-state index < -0.39 is 30.0 Å². The summed E-state index contributed by atoms with van der Waals surface area (Å²) in [5, 5.41) is 6.46. The summed E-state index contributed by atoms with van der Waals surface area (Å²) in [6.45, 7) is -0.536. The van der Waals surface area contributed by atoms with Crippen LogP contribution in [-0.4, -0.2) is 23.3 Å². The summed E-state index contributed by atoms with van der Waals surface area (Å²) in [6.07, 6.45) is -0.0638. The zero-order valence-corrected chi connectivity index (χ0v) is 14.3. The van der Waals surface area contributed by atoms with E-state index in [1.165, 1.54) is 11.3 Å². The fourth-order valence-electron chi connectivity index (χ4n) is 2.00. The first-order valence-corrected chi connectivity index (χ1v) is 8.96. The number of carbonyl (C=O) groups excluding carboxylic acids is 2. The number of thiophene rings is 1. The van der Waals surface area contributed by atoms with Crippen LogP contribution in [0, 0.1) is 11.6 Å². The Kier molecular flexibility index (Phi) is 5.30. The van der Waals surface area contributed by atoms with E-state index >= 15 is 0 Å². The van der Waals surface area contributed by atoms with Gasteiger partial charge in [0.05, 0.1) is 12.1 Å². The number of carbonyl (C=O) groups is 2. The molecule has 128 valence electrons. The van der Waals surface area contributed by atoms with E-state index in [9.17, 15) is 18.4 Å². The van der Waals surface area contributed by atoms with Crippen molar-refractivity contribution in [1.29, 1.82) is 0 Å². The second-order valence-electron chi connectivity index (χ2n) is 5.05. The number of aromatic nitrogens is 1. The first-order chi connectivity index (χ1) is 12.0. The number of hydrogen-bond donors (Lipinski definition) is 0. The molecular weight excluding hydrogens is 368 g/mol. The molecule has 0 aliphatic heterocycles. The Bertz CT molecular complexity index is 907. The van der Waals surface area contributed by atoms with Gasteiger partial charge < -0.3 is 4.74 Å². The summed E-state index contributed by atoms with van der Waals surface area (Å²) in [4.78, 5) is 28.0. The summed E-state index contributed by atoms with van der Waals surface area (Å²) in [5.74, 6) is -3.39. The first-order valence-electron chi connectivity index (χ1n) is 7.14. The van der Waals surface area contributed by atoms with Gasteiger partial charge in [0.15, 0.2) is 24.0 Å². The van der Waals surface area contributed by atoms with Crippen LogP contribution in [0.5, 0.6) is 0 Å². The second kappa shape index (κ2) is 7.62. The number of thiazole rings is 1. The molecule has 8 heteroatoms. The highest BCUT2D eigenvalue weighted by atomic mass is 32.1. The summed E-state index contributed by atoms with van der Waals surface area (Å²) in [5.41, 5.74) is 1.49. The molecule has 0 saturated heterocycles. The highest BCUT2D eigenvalue weighted by molar-refractivity contribution is 7.14. The minimum atomic E-state index is -1.12. The highest BCUT2D eigenvalue weighted by Gasteiger charge is 2.14. The standard InChI is InChI=1S/C17H11F2NO3S2/c18-13-2-1-10(5-14(13)19)15(21)7-23-16(22)6-12-9-25-17(20-12)11-3-4-24-8-11/h1-5,8-9H,6-7H2. The van der Waals surface area contributed by atoms with E-state index in [0.717, 1.165) is 28.8 Å². The van der Waals surface area contributed by atoms with Gasteiger partial charge in [-0.05, 0) is 29.6 Å². The average Bonchev–Trinajstić information content (AvgIpc) is 3.26. The van der Waals surface area contributed by atoms with Crippen molar-refractivity contribution in [3.8, 4) is 10.6 Å². The van der Waals surface area contributed by atoms with Crippen LogP contribution in [0.15, 0.2) is 40.4 Å². The van der Waals surface area contributed by atoms with Gasteiger partial charge >= 0.3 is 5.97 Å². The Labute approximate surface area is 149 Å². The predicted octanol–water partition coefficient (Wildman–Crippen LogP) is 4.12. The van der Waals surface area contributed by atoms with Gasteiger partial charge in [0.25, 0.3) is 0 Å². The van der Waals surface area contributed by atoms with Gasteiger partial charge in [-0.25, -0.2) is 13.8 Å². The number of halogens is 2. The number of Topliss-reactive ketones (excluding diaryl/α,β-unsaturated/α-hetero) is 1. The Morgan fingerprint density at radius 2 is 1.96 bits per heavy atom. The Morgan fingerprint density at radius 3 is 2.68 bits per heavy atom. The SMILES string of the molecule is O=C(Cc1csc(-c2ccsc2)n1)OCC(=O)c1ccc(F)c(F)c1. The maximum atomic E-state index is 13.1. The minimum Gasteiger partial charge on any atom is -0.457 e. The molecule has 0 bridgehead atoms. The van der Waals surface area contributed by atoms with Crippen LogP contribution in [0.1, 0.15) is 16.1 Å². The normalized spacial score (nSPS) is 10.6. The van der Waals surface area contributed by atoms with Crippen molar-refractivity contribution < 1.29 is 23.1 Å². The molecule has 4 nitrogen and oxygen atoms in total. The van der Waals surface area contributed by atoms with Crippen molar-refractivity contribution >= 4 is 34.4 Å². The molecule has 0 N–H and O–H groups in total. The summed E-state index contributed by atoms with van der Waals surface area (Å²) >= 11 is 2.97. The average molecular weight is 379 g/mol. The lowest BCUT2D eigenvalue weighted by molar-refractivity contribution is -0.141. The topological polar surface area (TPSA) is 56.3 Å². The van der Waals surface area contributed by atoms with Gasteiger partial charge in [-0.2, -0.15) is 11.3 Å². The molecule has 25 heavy (non-hydrogen) atoms. The molecule has 0 amide bonds. The molecule has 0 atom stereocenters. The van der Waals surface area contributed by atoms with Crippen LogP contribution in [0.4, 0.5) is 8.78 Å². The predicted molar refractivity (Wildman–Crippen MR) is 90.8 cm³/mol. The number of nitrogens with zero attached hydrogens (tertiary/aromatic N) is 1. The molecule has 2 aromatic heterocycles. The van der Waals surface area contributed by atoms with Crippen molar-refractivity contribution in [1.82, 2.24) is 4.98 Å². The summed E-state index contributed by atoms with van der Waals surface area (Å²) < 4.78 is 30.8. The van der Waals surface area contributed by atoms with Gasteiger partial charge in [0.2, 0.25) is 0 Å². The fourth-order valence-corrected chi connectivity index (χ4v) is 3.54. The lowest BCUT2D eigenvalue weighted by Crippen LogP contribution is -2.16. The van der Waals surface area contributed by atoms with Gasteiger partial charge in [-0.15, -0.1) is 11.3 Å². The fraction of sp³-hybridized carbons (Fsp3) is 0.118. The van der Waals surface area contributed by atoms with Crippen LogP contribution in [0.25, 0.3) is 10.6 Å². The summed E-state index contributed by atoms with van der Waals surface area (Å²) in [7, 11) is 0. The molecule has 0 radical (unpaired) electrons. The van der Waals surface area contributed by atoms with Crippen molar-refractivity contribution in [2.24, 2.45) is 0 Å². The van der Waals surface area contributed by atoms with Gasteiger partial charge in [-0.1, -0.05) is 0 Å². The first kappa shape index (κ1) is 17.4. The number of hydrogen-bond acceptors (Lipinski definition) is 6. The van der Waals surface area contributed by atoms with E-state index in [4.69, 9.17) is 4.74 Å². The van der Waals surface area contributed by atoms with Crippen LogP contribution >= 0.6 is 22.7 Å². The van der Waals surface area contributed by atoms with Gasteiger partial charge in [0, 0.05) is 21.9 Å². The van der Waals surface area contributed by atoms with Crippen molar-refractivity contribution in [2.75, 3.05) is 6.61 Å². The maximum absolute atomic E-state index is 13.1.